The summed E-state index contributed by atoms with van der Waals surface area (Å²) in [6.45, 7) is 3.07. The quantitative estimate of drug-likeness (QED) is 0.874. The molecular weight excluding hydrogens is 293 g/mol. The normalized spacial score (nSPS) is 14.3. The molecule has 1 aromatic rings. The largest absolute Gasteiger partial charge is 0.416 e. The minimum Gasteiger partial charge on any atom is -0.328 e. The van der Waals surface area contributed by atoms with E-state index in [1.165, 1.54) is 6.92 Å². The number of nitrogens with two attached hydrogens (primary N) is 1. The first-order valence-electron chi connectivity index (χ1n) is 5.97. The number of nitrogens with one attached hydrogen (secondary N) is 1. The van der Waals surface area contributed by atoms with Crippen molar-refractivity contribution in [1.82, 2.24) is 4.72 Å². The van der Waals surface area contributed by atoms with E-state index in [2.05, 4.69) is 4.72 Å². The van der Waals surface area contributed by atoms with Crippen molar-refractivity contribution in [2.24, 2.45) is 5.73 Å². The number of halogens is 3. The van der Waals surface area contributed by atoms with Crippen molar-refractivity contribution in [3.05, 3.63) is 29.3 Å². The van der Waals surface area contributed by atoms with Gasteiger partial charge in [0.05, 0.1) is 10.5 Å². The summed E-state index contributed by atoms with van der Waals surface area (Å²) < 4.78 is 64.2. The summed E-state index contributed by atoms with van der Waals surface area (Å²) in [7, 11) is -3.96. The Labute approximate surface area is 116 Å². The van der Waals surface area contributed by atoms with E-state index in [1.54, 1.807) is 6.92 Å². The maximum absolute atomic E-state index is 12.7. The molecule has 0 aliphatic heterocycles. The minimum absolute atomic E-state index is 0.0213. The molecular formula is C12H17F3N2O2S. The maximum Gasteiger partial charge on any atom is 0.416 e. The Morgan fingerprint density at radius 1 is 1.35 bits per heavy atom. The third-order valence-corrected chi connectivity index (χ3v) is 4.18. The van der Waals surface area contributed by atoms with Crippen LogP contribution in [-0.4, -0.2) is 21.0 Å². The standard InChI is InChI=1S/C12H17F3N2O2S/c1-8-3-4-10(7-11(8)12(13,14)15)20(18,19)17-6-5-9(2)16/h3-4,7,9,17H,5-6,16H2,1-2H3. The Bertz CT molecular complexity index is 569. The lowest BCUT2D eigenvalue weighted by atomic mass is 10.1. The molecule has 1 unspecified atom stereocenters. The van der Waals surface area contributed by atoms with Gasteiger partial charge in [-0.3, -0.25) is 0 Å². The summed E-state index contributed by atoms with van der Waals surface area (Å²) in [5.74, 6) is 0. The van der Waals surface area contributed by atoms with E-state index in [0.717, 1.165) is 12.1 Å². The van der Waals surface area contributed by atoms with E-state index >= 15 is 0 Å². The highest BCUT2D eigenvalue weighted by atomic mass is 32.2. The van der Waals surface area contributed by atoms with Gasteiger partial charge in [0.25, 0.3) is 0 Å². The molecule has 0 spiro atoms. The second-order valence-electron chi connectivity index (χ2n) is 4.64. The highest BCUT2D eigenvalue weighted by Gasteiger charge is 2.33. The molecule has 0 aliphatic carbocycles. The molecule has 1 rings (SSSR count). The van der Waals surface area contributed by atoms with Crippen LogP contribution in [0, 0.1) is 6.92 Å². The molecule has 0 saturated heterocycles. The topological polar surface area (TPSA) is 72.2 Å². The number of rotatable bonds is 5. The van der Waals surface area contributed by atoms with E-state index in [4.69, 9.17) is 5.73 Å². The zero-order chi connectivity index (χ0) is 15.6. The van der Waals surface area contributed by atoms with Gasteiger partial charge in [-0.1, -0.05) is 6.07 Å². The number of hydrogen-bond acceptors (Lipinski definition) is 3. The Hall–Kier alpha value is -1.12. The number of alkyl halides is 3. The van der Waals surface area contributed by atoms with Gasteiger partial charge >= 0.3 is 6.18 Å². The fraction of sp³-hybridized carbons (Fsp3) is 0.500. The van der Waals surface area contributed by atoms with Gasteiger partial charge < -0.3 is 5.73 Å². The predicted molar refractivity (Wildman–Crippen MR) is 69.6 cm³/mol. The van der Waals surface area contributed by atoms with E-state index in [1.807, 2.05) is 0 Å². The molecule has 1 atom stereocenters. The Kier molecular flexibility index (Phi) is 5.17. The Morgan fingerprint density at radius 3 is 2.45 bits per heavy atom. The Morgan fingerprint density at radius 2 is 1.95 bits per heavy atom. The van der Waals surface area contributed by atoms with Crippen molar-refractivity contribution in [2.75, 3.05) is 6.54 Å². The van der Waals surface area contributed by atoms with Crippen LogP contribution in [0.2, 0.25) is 0 Å². The summed E-state index contributed by atoms with van der Waals surface area (Å²) in [4.78, 5) is -0.403. The zero-order valence-electron chi connectivity index (χ0n) is 11.2. The molecule has 114 valence electrons. The fourth-order valence-electron chi connectivity index (χ4n) is 1.58. The Balaban J connectivity index is 3.02. The molecule has 0 aliphatic rings. The molecule has 0 heterocycles. The van der Waals surface area contributed by atoms with Crippen molar-refractivity contribution < 1.29 is 21.6 Å². The molecule has 0 fully saturated rings. The summed E-state index contributed by atoms with van der Waals surface area (Å²) in [5, 5.41) is 0. The molecule has 1 aromatic carbocycles. The van der Waals surface area contributed by atoms with Crippen molar-refractivity contribution in [1.29, 1.82) is 0 Å². The predicted octanol–water partition coefficient (Wildman–Crippen LogP) is 2.03. The maximum atomic E-state index is 12.7. The van der Waals surface area contributed by atoms with Gasteiger partial charge in [-0.05, 0) is 38.0 Å². The number of benzene rings is 1. The molecule has 4 nitrogen and oxygen atoms in total. The first-order valence-corrected chi connectivity index (χ1v) is 7.45. The third-order valence-electron chi connectivity index (χ3n) is 2.72. The van der Waals surface area contributed by atoms with Crippen LogP contribution in [0.5, 0.6) is 0 Å². The second-order valence-corrected chi connectivity index (χ2v) is 6.41. The van der Waals surface area contributed by atoms with E-state index in [9.17, 15) is 21.6 Å². The molecule has 3 N–H and O–H groups in total. The average Bonchev–Trinajstić information content (AvgIpc) is 2.26. The smallest absolute Gasteiger partial charge is 0.328 e. The minimum atomic E-state index is -4.58. The zero-order valence-corrected chi connectivity index (χ0v) is 12.0. The van der Waals surface area contributed by atoms with Gasteiger partial charge in [-0.25, -0.2) is 13.1 Å². The van der Waals surface area contributed by atoms with Crippen molar-refractivity contribution in [3.8, 4) is 0 Å². The van der Waals surface area contributed by atoms with Crippen molar-refractivity contribution in [2.45, 2.75) is 37.4 Å². The van der Waals surface area contributed by atoms with Crippen LogP contribution in [0.4, 0.5) is 13.2 Å². The van der Waals surface area contributed by atoms with Gasteiger partial charge in [0.1, 0.15) is 0 Å². The number of aryl methyl sites for hydroxylation is 1. The van der Waals surface area contributed by atoms with Crippen LogP contribution >= 0.6 is 0 Å². The molecule has 0 bridgehead atoms. The van der Waals surface area contributed by atoms with Crippen LogP contribution in [-0.2, 0) is 16.2 Å². The summed E-state index contributed by atoms with van der Waals surface area (Å²) in [5.41, 5.74) is 4.51. The lowest BCUT2D eigenvalue weighted by Gasteiger charge is -2.13. The first-order chi connectivity index (χ1) is 9.04. The van der Waals surface area contributed by atoms with Crippen LogP contribution in [0.3, 0.4) is 0 Å². The van der Waals surface area contributed by atoms with Crippen LogP contribution in [0.25, 0.3) is 0 Å². The van der Waals surface area contributed by atoms with E-state index in [0.29, 0.717) is 12.5 Å². The second kappa shape index (κ2) is 6.11. The van der Waals surface area contributed by atoms with Crippen LogP contribution < -0.4 is 10.5 Å². The van der Waals surface area contributed by atoms with Crippen molar-refractivity contribution >= 4 is 10.0 Å². The van der Waals surface area contributed by atoms with Gasteiger partial charge in [-0.15, -0.1) is 0 Å². The van der Waals surface area contributed by atoms with Crippen molar-refractivity contribution in [3.63, 3.8) is 0 Å². The van der Waals surface area contributed by atoms with Crippen LogP contribution in [0.1, 0.15) is 24.5 Å². The molecule has 8 heteroatoms. The van der Waals surface area contributed by atoms with E-state index < -0.39 is 26.7 Å². The average molecular weight is 310 g/mol. The SMILES string of the molecule is Cc1ccc(S(=O)(=O)NCCC(C)N)cc1C(F)(F)F. The highest BCUT2D eigenvalue weighted by Crippen LogP contribution is 2.33. The number of hydrogen-bond donors (Lipinski definition) is 2. The van der Waals surface area contributed by atoms with Gasteiger partial charge in [0, 0.05) is 12.6 Å². The van der Waals surface area contributed by atoms with E-state index in [-0.39, 0.29) is 18.2 Å². The third kappa shape index (κ3) is 4.46. The van der Waals surface area contributed by atoms with Gasteiger partial charge in [0.2, 0.25) is 10.0 Å². The van der Waals surface area contributed by atoms with Crippen LogP contribution in [0.15, 0.2) is 23.1 Å². The highest BCUT2D eigenvalue weighted by molar-refractivity contribution is 7.89. The molecule has 0 radical (unpaired) electrons. The fourth-order valence-corrected chi connectivity index (χ4v) is 2.65. The summed E-state index contributed by atoms with van der Waals surface area (Å²) >= 11 is 0. The molecule has 20 heavy (non-hydrogen) atoms. The van der Waals surface area contributed by atoms with Gasteiger partial charge in [0.15, 0.2) is 0 Å². The lowest BCUT2D eigenvalue weighted by Crippen LogP contribution is -2.29. The number of sulfonamides is 1. The monoisotopic (exact) mass is 310 g/mol. The first kappa shape index (κ1) is 16.9. The van der Waals surface area contributed by atoms with Gasteiger partial charge in [-0.2, -0.15) is 13.2 Å². The summed E-state index contributed by atoms with van der Waals surface area (Å²) in [6, 6.07) is 2.74. The molecule has 0 saturated carbocycles. The molecule has 0 amide bonds. The molecule has 0 aromatic heterocycles. The summed E-state index contributed by atoms with van der Waals surface area (Å²) in [6.07, 6.45) is -4.18. The lowest BCUT2D eigenvalue weighted by molar-refractivity contribution is -0.138.